The van der Waals surface area contributed by atoms with Crippen LogP contribution in [-0.4, -0.2) is 31.4 Å². The molecule has 3 nitrogen and oxygen atoms in total. The molecule has 0 amide bonds. The van der Waals surface area contributed by atoms with Crippen LogP contribution in [-0.2, 0) is 0 Å². The average molecular weight is 302 g/mol. The van der Waals surface area contributed by atoms with Gasteiger partial charge in [0.2, 0.25) is 0 Å². The average Bonchev–Trinajstić information content (AvgIpc) is 3.08. The fraction of sp³-hybridized carbons (Fsp3) is 0.857. The lowest BCUT2D eigenvalue weighted by Gasteiger charge is -2.38. The van der Waals surface area contributed by atoms with Gasteiger partial charge in [-0.15, -0.1) is 15.8 Å². The second-order valence-corrected chi connectivity index (χ2v) is 12.0. The molecule has 6 heteroatoms. The second-order valence-electron chi connectivity index (χ2n) is 6.40. The molecule has 114 valence electrons. The van der Waals surface area contributed by atoms with Crippen LogP contribution in [0.4, 0.5) is 8.78 Å². The molecular weight excluding hydrogens is 278 g/mol. The molecule has 1 rings (SSSR count). The summed E-state index contributed by atoms with van der Waals surface area (Å²) in [6.45, 7) is 11.6. The molecule has 1 aliphatic heterocycles. The minimum absolute atomic E-state index is 0.281. The summed E-state index contributed by atoms with van der Waals surface area (Å²) in [6.07, 6.45) is 0. The van der Waals surface area contributed by atoms with Crippen molar-refractivity contribution in [2.45, 2.75) is 69.8 Å². The highest BCUT2D eigenvalue weighted by Crippen LogP contribution is 2.44. The highest BCUT2D eigenvalue weighted by atomic mass is 28.3. The molecule has 0 aromatic heterocycles. The van der Waals surface area contributed by atoms with Gasteiger partial charge in [-0.2, -0.15) is 8.78 Å². The maximum absolute atomic E-state index is 14.1. The topological polar surface area (TPSA) is 45.0 Å². The molecule has 0 aromatic carbocycles. The number of rotatable bonds is 5. The quantitative estimate of drug-likeness (QED) is 0.605. The first kappa shape index (κ1) is 17.2. The summed E-state index contributed by atoms with van der Waals surface area (Å²) in [5.41, 5.74) is 1.80. The number of halogens is 2. The van der Waals surface area contributed by atoms with Gasteiger partial charge < -0.3 is 5.11 Å². The summed E-state index contributed by atoms with van der Waals surface area (Å²) >= 11 is 0. The third-order valence-corrected chi connectivity index (χ3v) is 10.7. The third-order valence-electron chi connectivity index (χ3n) is 4.37. The van der Waals surface area contributed by atoms with E-state index < -0.39 is 26.3 Å². The normalized spacial score (nSPS) is 17.6. The van der Waals surface area contributed by atoms with Crippen molar-refractivity contribution < 1.29 is 13.9 Å². The Morgan fingerprint density at radius 3 is 1.70 bits per heavy atom. The molecule has 0 saturated carbocycles. The molecule has 1 aliphatic rings. The molecule has 0 unspecified atom stereocenters. The van der Waals surface area contributed by atoms with Crippen molar-refractivity contribution in [3.8, 4) is 11.5 Å². The Morgan fingerprint density at radius 2 is 1.45 bits per heavy atom. The number of alkyl halides is 2. The van der Waals surface area contributed by atoms with Crippen LogP contribution in [0.3, 0.4) is 0 Å². The standard InChI is InChI=1S/C14H24F2N2OSi/c1-10(2)20(11(3)4,12(5)6)8-7-13(15,16)14(9-19)17-18-14/h10-12,19H,9H2,1-6H3. The van der Waals surface area contributed by atoms with E-state index in [4.69, 9.17) is 5.11 Å². The van der Waals surface area contributed by atoms with Crippen molar-refractivity contribution in [1.29, 1.82) is 0 Å². The van der Waals surface area contributed by atoms with Crippen LogP contribution in [0, 0.1) is 11.5 Å². The lowest BCUT2D eigenvalue weighted by atomic mass is 10.1. The zero-order chi connectivity index (χ0) is 15.8. The fourth-order valence-electron chi connectivity index (χ4n) is 3.07. The molecular formula is C14H24F2N2OSi. The fourth-order valence-corrected chi connectivity index (χ4v) is 8.31. The Balaban J connectivity index is 3.18. The van der Waals surface area contributed by atoms with Crippen LogP contribution in [0.15, 0.2) is 10.2 Å². The number of nitrogens with zero attached hydrogens (tertiary/aromatic N) is 2. The Hall–Kier alpha value is -0.803. The van der Waals surface area contributed by atoms with E-state index in [2.05, 4.69) is 63.2 Å². The molecule has 0 atom stereocenters. The Kier molecular flexibility index (Phi) is 4.77. The molecule has 20 heavy (non-hydrogen) atoms. The summed E-state index contributed by atoms with van der Waals surface area (Å²) < 4.78 is 28.2. The van der Waals surface area contributed by atoms with Gasteiger partial charge in [-0.05, 0) is 22.5 Å². The SMILES string of the molecule is CC(C)[Si](C#CC(F)(F)C1(CO)N=N1)(C(C)C)C(C)C. The number of hydrogen-bond acceptors (Lipinski definition) is 3. The molecule has 0 bridgehead atoms. The van der Waals surface area contributed by atoms with Gasteiger partial charge in [-0.25, -0.2) is 0 Å². The number of aliphatic hydroxyl groups excluding tert-OH is 1. The third kappa shape index (κ3) is 2.66. The molecule has 0 spiro atoms. The summed E-state index contributed by atoms with van der Waals surface area (Å²) in [6, 6.07) is 0. The lowest BCUT2D eigenvalue weighted by molar-refractivity contribution is -0.00669. The minimum atomic E-state index is -3.39. The van der Waals surface area contributed by atoms with E-state index in [0.29, 0.717) is 0 Å². The molecule has 1 heterocycles. The van der Waals surface area contributed by atoms with Gasteiger partial charge in [-0.3, -0.25) is 0 Å². The van der Waals surface area contributed by atoms with Crippen LogP contribution in [0.2, 0.25) is 16.6 Å². The van der Waals surface area contributed by atoms with Crippen LogP contribution >= 0.6 is 0 Å². The van der Waals surface area contributed by atoms with E-state index in [1.54, 1.807) is 0 Å². The molecule has 0 fully saturated rings. The lowest BCUT2D eigenvalue weighted by Crippen LogP contribution is -2.45. The van der Waals surface area contributed by atoms with Gasteiger partial charge in [0.25, 0.3) is 5.66 Å². The second kappa shape index (κ2) is 5.53. The summed E-state index contributed by atoms with van der Waals surface area (Å²) in [5.74, 6) is -1.26. The van der Waals surface area contributed by atoms with Gasteiger partial charge in [-0.1, -0.05) is 41.5 Å². The molecule has 1 N–H and O–H groups in total. The largest absolute Gasteiger partial charge is 0.391 e. The first-order valence-electron chi connectivity index (χ1n) is 7.03. The number of hydrogen-bond donors (Lipinski definition) is 1. The molecule has 0 saturated heterocycles. The summed E-state index contributed by atoms with van der Waals surface area (Å²) in [5, 5.41) is 15.6. The Bertz CT molecular complexity index is 422. The monoisotopic (exact) mass is 302 g/mol. The minimum Gasteiger partial charge on any atom is -0.391 e. The van der Waals surface area contributed by atoms with Crippen molar-refractivity contribution in [2.24, 2.45) is 10.2 Å². The van der Waals surface area contributed by atoms with Gasteiger partial charge in [0.1, 0.15) is 8.07 Å². The van der Waals surface area contributed by atoms with Crippen LogP contribution in [0.5, 0.6) is 0 Å². The van der Waals surface area contributed by atoms with E-state index in [1.165, 1.54) is 0 Å². The van der Waals surface area contributed by atoms with Crippen LogP contribution in [0.25, 0.3) is 0 Å². The predicted molar refractivity (Wildman–Crippen MR) is 78.4 cm³/mol. The Morgan fingerprint density at radius 1 is 1.05 bits per heavy atom. The predicted octanol–water partition coefficient (Wildman–Crippen LogP) is 4.00. The van der Waals surface area contributed by atoms with Crippen molar-refractivity contribution in [2.75, 3.05) is 6.61 Å². The van der Waals surface area contributed by atoms with E-state index >= 15 is 0 Å². The highest BCUT2D eigenvalue weighted by Gasteiger charge is 2.62. The maximum Gasteiger partial charge on any atom is 0.357 e. The van der Waals surface area contributed by atoms with Gasteiger partial charge >= 0.3 is 5.92 Å². The van der Waals surface area contributed by atoms with Crippen molar-refractivity contribution in [3.05, 3.63) is 0 Å². The highest BCUT2D eigenvalue weighted by molar-refractivity contribution is 6.90. The van der Waals surface area contributed by atoms with Crippen molar-refractivity contribution in [3.63, 3.8) is 0 Å². The zero-order valence-electron chi connectivity index (χ0n) is 13.0. The Labute approximate surface area is 120 Å². The van der Waals surface area contributed by atoms with Gasteiger partial charge in [0, 0.05) is 0 Å². The zero-order valence-corrected chi connectivity index (χ0v) is 14.0. The smallest absolute Gasteiger partial charge is 0.357 e. The van der Waals surface area contributed by atoms with E-state index in [9.17, 15) is 8.78 Å². The molecule has 0 radical (unpaired) electrons. The van der Waals surface area contributed by atoms with Gasteiger partial charge in [0.15, 0.2) is 0 Å². The molecule has 0 aromatic rings. The summed E-state index contributed by atoms with van der Waals surface area (Å²) in [4.78, 5) is 0. The van der Waals surface area contributed by atoms with Crippen LogP contribution < -0.4 is 0 Å². The first-order chi connectivity index (χ1) is 9.06. The maximum atomic E-state index is 14.1. The van der Waals surface area contributed by atoms with E-state index in [0.717, 1.165) is 0 Å². The van der Waals surface area contributed by atoms with Crippen LogP contribution in [0.1, 0.15) is 41.5 Å². The molecule has 0 aliphatic carbocycles. The van der Waals surface area contributed by atoms with E-state index in [-0.39, 0.29) is 16.6 Å². The first-order valence-corrected chi connectivity index (χ1v) is 9.26. The van der Waals surface area contributed by atoms with Gasteiger partial charge in [0.05, 0.1) is 6.61 Å². The van der Waals surface area contributed by atoms with Crippen molar-refractivity contribution >= 4 is 8.07 Å². The van der Waals surface area contributed by atoms with E-state index in [1.807, 2.05) is 0 Å². The van der Waals surface area contributed by atoms with Crippen molar-refractivity contribution in [1.82, 2.24) is 0 Å². The number of aliphatic hydroxyl groups is 1. The summed E-state index contributed by atoms with van der Waals surface area (Å²) in [7, 11) is -2.21.